The van der Waals surface area contributed by atoms with Gasteiger partial charge in [-0.1, -0.05) is 44.0 Å². The number of aryl methyl sites for hydroxylation is 1. The predicted octanol–water partition coefficient (Wildman–Crippen LogP) is 3.70. The van der Waals surface area contributed by atoms with Gasteiger partial charge in [-0.3, -0.25) is 4.79 Å². The first-order chi connectivity index (χ1) is 9.49. The van der Waals surface area contributed by atoms with Gasteiger partial charge in [-0.05, 0) is 29.2 Å². The van der Waals surface area contributed by atoms with E-state index in [2.05, 4.69) is 19.7 Å². The Morgan fingerprint density at radius 3 is 2.00 bits per heavy atom. The minimum absolute atomic E-state index is 0.326. The first-order valence-corrected chi connectivity index (χ1v) is 6.20. The highest BCUT2D eigenvalue weighted by Crippen LogP contribution is 2.33. The van der Waals surface area contributed by atoms with Crippen molar-refractivity contribution in [2.24, 2.45) is 0 Å². The fraction of sp³-hybridized carbons (Fsp3) is 0.235. The quantitative estimate of drug-likeness (QED) is 0.585. The van der Waals surface area contributed by atoms with E-state index in [1.165, 1.54) is 14.2 Å². The molecule has 0 radical (unpaired) electrons. The monoisotopic (exact) mass is 272 g/mol. The Morgan fingerprint density at radius 2 is 1.65 bits per heavy atom. The lowest BCUT2D eigenvalue weighted by molar-refractivity contribution is -0.142. The molecule has 0 fully saturated rings. The van der Waals surface area contributed by atoms with Crippen molar-refractivity contribution in [2.75, 3.05) is 14.2 Å². The third kappa shape index (κ3) is 2.99. The van der Waals surface area contributed by atoms with Gasteiger partial charge in [0.15, 0.2) is 0 Å². The van der Waals surface area contributed by atoms with Crippen LogP contribution in [0.2, 0.25) is 0 Å². The first-order valence-electron chi connectivity index (χ1n) is 6.20. The van der Waals surface area contributed by atoms with Crippen molar-refractivity contribution in [3.8, 4) is 0 Å². The molecule has 1 unspecified atom stereocenters. The minimum Gasteiger partial charge on any atom is -0.500 e. The number of ether oxygens (including phenoxy) is 2. The fourth-order valence-electron chi connectivity index (χ4n) is 2.17. The van der Waals surface area contributed by atoms with Crippen molar-refractivity contribution in [1.29, 1.82) is 0 Å². The summed E-state index contributed by atoms with van der Waals surface area (Å²) in [6, 6.07) is 3.91. The third-order valence-corrected chi connectivity index (χ3v) is 3.14. The molecule has 0 amide bonds. The first kappa shape index (κ1) is 15.8. The molecule has 1 atom stereocenters. The lowest BCUT2D eigenvalue weighted by Crippen LogP contribution is -2.19. The smallest absolute Gasteiger partial charge is 0.320 e. The van der Waals surface area contributed by atoms with Crippen LogP contribution in [-0.4, -0.2) is 20.2 Å². The van der Waals surface area contributed by atoms with Gasteiger partial charge in [0, 0.05) is 0 Å². The minimum atomic E-state index is -0.702. The Bertz CT molecular complexity index is 510. The molecular formula is C17H20O3. The number of carbonyl (C=O) groups is 1. The zero-order chi connectivity index (χ0) is 15.3. The molecule has 3 heteroatoms. The second-order valence-electron chi connectivity index (χ2n) is 4.39. The molecule has 0 aliphatic heterocycles. The summed E-state index contributed by atoms with van der Waals surface area (Å²) in [5.41, 5.74) is 3.49. The van der Waals surface area contributed by atoms with Crippen molar-refractivity contribution in [3.05, 3.63) is 59.9 Å². The summed E-state index contributed by atoms with van der Waals surface area (Å²) in [5.74, 6) is -0.801. The molecule has 0 saturated carbocycles. The average molecular weight is 272 g/mol. The van der Waals surface area contributed by atoms with Crippen LogP contribution >= 0.6 is 0 Å². The topological polar surface area (TPSA) is 35.5 Å². The highest BCUT2D eigenvalue weighted by molar-refractivity contribution is 5.85. The molecule has 3 nitrogen and oxygen atoms in total. The second kappa shape index (κ2) is 6.75. The molecule has 1 aromatic carbocycles. The molecule has 0 spiro atoms. The zero-order valence-corrected chi connectivity index (χ0v) is 12.2. The standard InChI is InChI=1S/C17H20O3/c1-7-13-9-11(3)10-14(8-2)16(13)15(12(4)19-5)17(18)20-6/h7-10,15H,1-2,4H2,3,5-6H3. The van der Waals surface area contributed by atoms with Crippen LogP contribution in [0.4, 0.5) is 0 Å². The zero-order valence-electron chi connectivity index (χ0n) is 12.2. The molecule has 0 aliphatic rings. The summed E-state index contributed by atoms with van der Waals surface area (Å²) in [5, 5.41) is 0. The summed E-state index contributed by atoms with van der Waals surface area (Å²) in [6.45, 7) is 13.4. The summed E-state index contributed by atoms with van der Waals surface area (Å²) in [7, 11) is 2.82. The fourth-order valence-corrected chi connectivity index (χ4v) is 2.17. The van der Waals surface area contributed by atoms with E-state index >= 15 is 0 Å². The molecule has 0 heterocycles. The number of hydrogen-bond acceptors (Lipinski definition) is 3. The van der Waals surface area contributed by atoms with Crippen LogP contribution in [0.3, 0.4) is 0 Å². The molecular weight excluding hydrogens is 252 g/mol. The highest BCUT2D eigenvalue weighted by Gasteiger charge is 2.29. The Labute approximate surface area is 120 Å². The maximum atomic E-state index is 12.1. The van der Waals surface area contributed by atoms with Gasteiger partial charge in [0.2, 0.25) is 0 Å². The molecule has 0 bridgehead atoms. The molecule has 20 heavy (non-hydrogen) atoms. The number of benzene rings is 1. The van der Waals surface area contributed by atoms with E-state index in [0.717, 1.165) is 22.3 Å². The van der Waals surface area contributed by atoms with E-state index in [9.17, 15) is 4.79 Å². The average Bonchev–Trinajstić information content (AvgIpc) is 2.47. The van der Waals surface area contributed by atoms with Gasteiger partial charge in [-0.2, -0.15) is 0 Å². The lowest BCUT2D eigenvalue weighted by Gasteiger charge is -2.21. The van der Waals surface area contributed by atoms with Crippen LogP contribution < -0.4 is 0 Å². The van der Waals surface area contributed by atoms with Gasteiger partial charge >= 0.3 is 5.97 Å². The van der Waals surface area contributed by atoms with E-state index in [1.54, 1.807) is 12.2 Å². The molecule has 106 valence electrons. The molecule has 1 rings (SSSR count). The van der Waals surface area contributed by atoms with E-state index in [1.807, 2.05) is 19.1 Å². The lowest BCUT2D eigenvalue weighted by atomic mass is 9.87. The van der Waals surface area contributed by atoms with Crippen LogP contribution in [0.15, 0.2) is 37.6 Å². The highest BCUT2D eigenvalue weighted by atomic mass is 16.5. The van der Waals surface area contributed by atoms with Crippen molar-refractivity contribution < 1.29 is 14.3 Å². The van der Waals surface area contributed by atoms with Gasteiger partial charge in [-0.25, -0.2) is 0 Å². The summed E-state index contributed by atoms with van der Waals surface area (Å²) in [6.07, 6.45) is 3.41. The second-order valence-corrected chi connectivity index (χ2v) is 4.39. The molecule has 0 saturated heterocycles. The summed E-state index contributed by atoms with van der Waals surface area (Å²) >= 11 is 0. The van der Waals surface area contributed by atoms with Crippen LogP contribution in [0.1, 0.15) is 28.2 Å². The maximum absolute atomic E-state index is 12.1. The van der Waals surface area contributed by atoms with Crippen LogP contribution in [0.5, 0.6) is 0 Å². The van der Waals surface area contributed by atoms with Crippen molar-refractivity contribution >= 4 is 18.1 Å². The largest absolute Gasteiger partial charge is 0.500 e. The van der Waals surface area contributed by atoms with Crippen LogP contribution in [0.25, 0.3) is 12.2 Å². The SMILES string of the molecule is C=Cc1cc(C)cc(C=C)c1C(C(=C)OC)C(=O)OC. The van der Waals surface area contributed by atoms with E-state index in [4.69, 9.17) is 9.47 Å². The molecule has 1 aromatic rings. The van der Waals surface area contributed by atoms with Gasteiger partial charge < -0.3 is 9.47 Å². The number of hydrogen-bond donors (Lipinski definition) is 0. The summed E-state index contributed by atoms with van der Waals surface area (Å²) in [4.78, 5) is 12.1. The van der Waals surface area contributed by atoms with Crippen LogP contribution in [-0.2, 0) is 14.3 Å². The molecule has 0 aliphatic carbocycles. The van der Waals surface area contributed by atoms with Crippen molar-refractivity contribution in [2.45, 2.75) is 12.8 Å². The third-order valence-electron chi connectivity index (χ3n) is 3.14. The summed E-state index contributed by atoms with van der Waals surface area (Å²) < 4.78 is 10.0. The van der Waals surface area contributed by atoms with Gasteiger partial charge in [0.05, 0.1) is 14.2 Å². The number of methoxy groups -OCH3 is 2. The van der Waals surface area contributed by atoms with Gasteiger partial charge in [0.1, 0.15) is 11.7 Å². The molecule has 0 aromatic heterocycles. The van der Waals surface area contributed by atoms with Gasteiger partial charge in [-0.15, -0.1) is 0 Å². The number of esters is 1. The Hall–Kier alpha value is -2.29. The molecule has 0 N–H and O–H groups in total. The Balaban J connectivity index is 3.61. The predicted molar refractivity (Wildman–Crippen MR) is 82.3 cm³/mol. The Morgan fingerprint density at radius 1 is 1.15 bits per heavy atom. The van der Waals surface area contributed by atoms with E-state index in [-0.39, 0.29) is 0 Å². The van der Waals surface area contributed by atoms with Crippen molar-refractivity contribution in [3.63, 3.8) is 0 Å². The van der Waals surface area contributed by atoms with E-state index in [0.29, 0.717) is 5.76 Å². The normalized spacial score (nSPS) is 11.3. The number of carbonyl (C=O) groups excluding carboxylic acids is 1. The Kier molecular flexibility index (Phi) is 5.32. The van der Waals surface area contributed by atoms with E-state index < -0.39 is 11.9 Å². The van der Waals surface area contributed by atoms with Crippen LogP contribution in [0, 0.1) is 6.92 Å². The van der Waals surface area contributed by atoms with Gasteiger partial charge in [0.25, 0.3) is 0 Å². The van der Waals surface area contributed by atoms with Crippen molar-refractivity contribution in [1.82, 2.24) is 0 Å². The maximum Gasteiger partial charge on any atom is 0.320 e. The number of rotatable bonds is 6.